The van der Waals surface area contributed by atoms with Gasteiger partial charge >= 0.3 is 0 Å². The summed E-state index contributed by atoms with van der Waals surface area (Å²) < 4.78 is 19.9. The summed E-state index contributed by atoms with van der Waals surface area (Å²) in [6.07, 6.45) is 5.44. The van der Waals surface area contributed by atoms with E-state index in [2.05, 4.69) is 5.92 Å². The number of hydrogen-bond acceptors (Lipinski definition) is 2. The minimum absolute atomic E-state index is 0.176. The molecule has 0 radical (unpaired) electrons. The number of fused-ring (bicyclic) bond motifs is 1. The summed E-state index contributed by atoms with van der Waals surface area (Å²) in [7, 11) is 0. The molecule has 2 aromatic carbocycles. The fraction of sp³-hybridized carbons (Fsp3) is 0.333. The molecule has 0 atom stereocenters. The molecule has 2 rings (SSSR count). The van der Waals surface area contributed by atoms with Gasteiger partial charge in [-0.25, -0.2) is 4.39 Å². The van der Waals surface area contributed by atoms with Crippen molar-refractivity contribution in [1.82, 2.24) is 0 Å². The summed E-state index contributed by atoms with van der Waals surface area (Å²) in [6.45, 7) is 6.89. The van der Waals surface area contributed by atoms with Crippen LogP contribution in [0, 0.1) is 18.2 Å². The van der Waals surface area contributed by atoms with Gasteiger partial charge < -0.3 is 9.84 Å². The summed E-state index contributed by atoms with van der Waals surface area (Å²) in [4.78, 5) is 0. The summed E-state index contributed by atoms with van der Waals surface area (Å²) >= 11 is 0. The van der Waals surface area contributed by atoms with Crippen molar-refractivity contribution in [3.8, 4) is 18.1 Å². The lowest BCUT2D eigenvalue weighted by Crippen LogP contribution is -2.49. The smallest absolute Gasteiger partial charge is 0.139 e. The van der Waals surface area contributed by atoms with E-state index in [1.807, 2.05) is 12.1 Å². The first kappa shape index (κ1) is 15.3. The second-order valence-electron chi connectivity index (χ2n) is 6.09. The van der Waals surface area contributed by atoms with Crippen molar-refractivity contribution in [2.45, 2.75) is 38.9 Å². The largest absolute Gasteiger partial charge is 0.484 e. The van der Waals surface area contributed by atoms with E-state index in [1.54, 1.807) is 39.8 Å². The number of halogens is 1. The van der Waals surface area contributed by atoms with Crippen molar-refractivity contribution in [2.75, 3.05) is 0 Å². The highest BCUT2D eigenvalue weighted by Gasteiger charge is 2.37. The first-order chi connectivity index (χ1) is 9.67. The summed E-state index contributed by atoms with van der Waals surface area (Å²) in [5.74, 6) is 2.39. The topological polar surface area (TPSA) is 29.5 Å². The Labute approximate surface area is 124 Å². The third-order valence-corrected chi connectivity index (χ3v) is 3.94. The van der Waals surface area contributed by atoms with Gasteiger partial charge in [0, 0.05) is 5.39 Å². The van der Waals surface area contributed by atoms with E-state index in [0.717, 1.165) is 5.39 Å². The third-order valence-electron chi connectivity index (χ3n) is 3.94. The number of terminal acetylenes is 1. The molecule has 110 valence electrons. The first-order valence-corrected chi connectivity index (χ1v) is 6.76. The van der Waals surface area contributed by atoms with Gasteiger partial charge in [0.25, 0.3) is 0 Å². The van der Waals surface area contributed by atoms with Crippen LogP contribution in [-0.2, 0) is 0 Å². The maximum absolute atomic E-state index is 13.9. The quantitative estimate of drug-likeness (QED) is 0.867. The van der Waals surface area contributed by atoms with Crippen LogP contribution in [-0.4, -0.2) is 16.3 Å². The van der Waals surface area contributed by atoms with Gasteiger partial charge in [0.15, 0.2) is 0 Å². The van der Waals surface area contributed by atoms with Gasteiger partial charge in [0.05, 0.1) is 11.2 Å². The van der Waals surface area contributed by atoms with E-state index in [0.29, 0.717) is 11.1 Å². The van der Waals surface area contributed by atoms with Crippen molar-refractivity contribution in [2.24, 2.45) is 0 Å². The Hall–Kier alpha value is -2.05. The number of aliphatic hydroxyl groups is 1. The molecule has 0 aliphatic rings. The molecular formula is C18H19FO2. The van der Waals surface area contributed by atoms with Gasteiger partial charge in [0.1, 0.15) is 17.2 Å². The number of hydrogen-bond donors (Lipinski definition) is 1. The van der Waals surface area contributed by atoms with Gasteiger partial charge in [0.2, 0.25) is 0 Å². The Morgan fingerprint density at radius 3 is 2.38 bits per heavy atom. The monoisotopic (exact) mass is 286 g/mol. The highest BCUT2D eigenvalue weighted by atomic mass is 19.1. The summed E-state index contributed by atoms with van der Waals surface area (Å²) in [5.41, 5.74) is -1.76. The molecule has 0 unspecified atom stereocenters. The predicted octanol–water partition coefficient (Wildman–Crippen LogP) is 3.89. The SMILES string of the molecule is C#Cc1c(F)ccc2cccc(OC(C)(C)C(C)(C)O)c12. The molecule has 3 heteroatoms. The maximum Gasteiger partial charge on any atom is 0.139 e. The Morgan fingerprint density at radius 2 is 1.81 bits per heavy atom. The van der Waals surface area contributed by atoms with E-state index in [9.17, 15) is 9.50 Å². The van der Waals surface area contributed by atoms with Crippen LogP contribution in [0.3, 0.4) is 0 Å². The molecule has 0 bridgehead atoms. The Kier molecular flexibility index (Phi) is 3.69. The number of ether oxygens (including phenoxy) is 1. The molecule has 0 amide bonds. The molecule has 0 fully saturated rings. The zero-order chi connectivity index (χ0) is 15.8. The van der Waals surface area contributed by atoms with Crippen LogP contribution in [0.2, 0.25) is 0 Å². The normalized spacial score (nSPS) is 12.2. The van der Waals surface area contributed by atoms with E-state index < -0.39 is 17.0 Å². The van der Waals surface area contributed by atoms with Crippen molar-refractivity contribution in [3.63, 3.8) is 0 Å². The van der Waals surface area contributed by atoms with Gasteiger partial charge in [-0.15, -0.1) is 6.42 Å². The Balaban J connectivity index is 2.66. The zero-order valence-electron chi connectivity index (χ0n) is 12.7. The van der Waals surface area contributed by atoms with Crippen LogP contribution < -0.4 is 4.74 Å². The molecule has 0 saturated heterocycles. The third kappa shape index (κ3) is 2.72. The molecule has 2 aromatic rings. The Bertz CT molecular complexity index is 718. The molecule has 0 aliphatic carbocycles. The number of rotatable bonds is 3. The van der Waals surface area contributed by atoms with Crippen LogP contribution in [0.5, 0.6) is 5.75 Å². The van der Waals surface area contributed by atoms with Crippen molar-refractivity contribution < 1.29 is 14.2 Å². The minimum Gasteiger partial charge on any atom is -0.484 e. The minimum atomic E-state index is -1.07. The van der Waals surface area contributed by atoms with Crippen LogP contribution >= 0.6 is 0 Å². The molecule has 0 aliphatic heterocycles. The highest BCUT2D eigenvalue weighted by Crippen LogP contribution is 2.35. The van der Waals surface area contributed by atoms with Gasteiger partial charge in [-0.1, -0.05) is 24.1 Å². The summed E-state index contributed by atoms with van der Waals surface area (Å²) in [6, 6.07) is 8.41. The van der Waals surface area contributed by atoms with Crippen molar-refractivity contribution in [1.29, 1.82) is 0 Å². The molecular weight excluding hydrogens is 267 g/mol. The Morgan fingerprint density at radius 1 is 1.14 bits per heavy atom. The van der Waals surface area contributed by atoms with E-state index in [4.69, 9.17) is 11.2 Å². The standard InChI is InChI=1S/C18H19FO2/c1-6-13-14(19)11-10-12-8-7-9-15(16(12)13)21-18(4,5)17(2,3)20/h1,7-11,20H,2-5H3. The second-order valence-corrected chi connectivity index (χ2v) is 6.09. The molecule has 21 heavy (non-hydrogen) atoms. The lowest BCUT2D eigenvalue weighted by atomic mass is 9.89. The van der Waals surface area contributed by atoms with Gasteiger partial charge in [-0.05, 0) is 45.2 Å². The molecule has 0 aromatic heterocycles. The van der Waals surface area contributed by atoms with E-state index in [1.165, 1.54) is 6.07 Å². The molecule has 0 heterocycles. The molecule has 1 N–H and O–H groups in total. The average molecular weight is 286 g/mol. The fourth-order valence-corrected chi connectivity index (χ4v) is 1.95. The molecule has 0 saturated carbocycles. The summed E-state index contributed by atoms with van der Waals surface area (Å²) in [5, 5.41) is 11.6. The van der Waals surface area contributed by atoms with Gasteiger partial charge in [-0.3, -0.25) is 0 Å². The lowest BCUT2D eigenvalue weighted by Gasteiger charge is -2.37. The van der Waals surface area contributed by atoms with Crippen molar-refractivity contribution >= 4 is 10.8 Å². The zero-order valence-corrected chi connectivity index (χ0v) is 12.7. The van der Waals surface area contributed by atoms with E-state index >= 15 is 0 Å². The second kappa shape index (κ2) is 5.05. The van der Waals surface area contributed by atoms with Crippen LogP contribution in [0.15, 0.2) is 30.3 Å². The van der Waals surface area contributed by atoms with Crippen LogP contribution in [0.25, 0.3) is 10.8 Å². The lowest BCUT2D eigenvalue weighted by molar-refractivity contribution is -0.0900. The predicted molar refractivity (Wildman–Crippen MR) is 82.8 cm³/mol. The van der Waals surface area contributed by atoms with Gasteiger partial charge in [-0.2, -0.15) is 0 Å². The number of benzene rings is 2. The van der Waals surface area contributed by atoms with E-state index in [-0.39, 0.29) is 5.56 Å². The van der Waals surface area contributed by atoms with Crippen LogP contribution in [0.4, 0.5) is 4.39 Å². The van der Waals surface area contributed by atoms with Crippen molar-refractivity contribution in [3.05, 3.63) is 41.7 Å². The average Bonchev–Trinajstić information content (AvgIpc) is 2.37. The molecule has 2 nitrogen and oxygen atoms in total. The maximum atomic E-state index is 13.9. The highest BCUT2D eigenvalue weighted by molar-refractivity contribution is 5.93. The fourth-order valence-electron chi connectivity index (χ4n) is 1.95. The van der Waals surface area contributed by atoms with Crippen LogP contribution in [0.1, 0.15) is 33.3 Å². The molecule has 0 spiro atoms. The first-order valence-electron chi connectivity index (χ1n) is 6.76.